The van der Waals surface area contributed by atoms with Crippen molar-refractivity contribution in [2.24, 2.45) is 0 Å². The van der Waals surface area contributed by atoms with Gasteiger partial charge in [0.1, 0.15) is 0 Å². The minimum absolute atomic E-state index is 0.410. The van der Waals surface area contributed by atoms with Gasteiger partial charge in [-0.05, 0) is 31.4 Å². The van der Waals surface area contributed by atoms with E-state index in [4.69, 9.17) is 22.1 Å². The number of anilines is 2. The summed E-state index contributed by atoms with van der Waals surface area (Å²) in [5, 5.41) is 3.89. The third-order valence-corrected chi connectivity index (χ3v) is 3.19. The van der Waals surface area contributed by atoms with E-state index in [1.54, 1.807) is 6.07 Å². The van der Waals surface area contributed by atoms with Crippen LogP contribution in [0.15, 0.2) is 18.2 Å². The van der Waals surface area contributed by atoms with E-state index in [-0.39, 0.29) is 0 Å². The molecule has 88 valence electrons. The number of rotatable bonds is 4. The second kappa shape index (κ2) is 5.41. The summed E-state index contributed by atoms with van der Waals surface area (Å²) in [6, 6.07) is 5.63. The van der Waals surface area contributed by atoms with Crippen molar-refractivity contribution < 1.29 is 4.74 Å². The van der Waals surface area contributed by atoms with Gasteiger partial charge >= 0.3 is 0 Å². The van der Waals surface area contributed by atoms with Crippen molar-refractivity contribution in [1.29, 1.82) is 0 Å². The molecular weight excluding hydrogens is 224 g/mol. The molecule has 2 rings (SSSR count). The fourth-order valence-electron chi connectivity index (χ4n) is 1.93. The van der Waals surface area contributed by atoms with Gasteiger partial charge in [0.15, 0.2) is 0 Å². The standard InChI is InChI=1S/C12H17ClN2O/c13-10-4-1-5-11(12(10)14)15-7-6-9-3-2-8-16-9/h1,4-5,9,15H,2-3,6-8,14H2. The van der Waals surface area contributed by atoms with Gasteiger partial charge in [-0.2, -0.15) is 0 Å². The van der Waals surface area contributed by atoms with Crippen molar-refractivity contribution >= 4 is 23.0 Å². The molecule has 3 N–H and O–H groups in total. The van der Waals surface area contributed by atoms with Crippen LogP contribution in [0.4, 0.5) is 11.4 Å². The molecule has 0 saturated carbocycles. The van der Waals surface area contributed by atoms with Crippen molar-refractivity contribution in [3.05, 3.63) is 23.2 Å². The van der Waals surface area contributed by atoms with Crippen LogP contribution >= 0.6 is 11.6 Å². The zero-order chi connectivity index (χ0) is 11.4. The number of hydrogen-bond acceptors (Lipinski definition) is 3. The summed E-state index contributed by atoms with van der Waals surface area (Å²) in [6.45, 7) is 1.78. The second-order valence-corrected chi connectivity index (χ2v) is 4.46. The van der Waals surface area contributed by atoms with Crippen LogP contribution in [-0.4, -0.2) is 19.3 Å². The van der Waals surface area contributed by atoms with Crippen LogP contribution in [0.2, 0.25) is 5.02 Å². The summed E-state index contributed by atoms with van der Waals surface area (Å²) in [6.07, 6.45) is 3.79. The molecule has 1 aliphatic rings. The molecule has 0 spiro atoms. The monoisotopic (exact) mass is 240 g/mol. The maximum Gasteiger partial charge on any atom is 0.0739 e. The molecule has 0 aliphatic carbocycles. The molecule has 1 heterocycles. The lowest BCUT2D eigenvalue weighted by atomic mass is 10.2. The number of halogens is 1. The van der Waals surface area contributed by atoms with Crippen LogP contribution in [0.1, 0.15) is 19.3 Å². The topological polar surface area (TPSA) is 47.3 Å². The van der Waals surface area contributed by atoms with E-state index in [0.29, 0.717) is 16.8 Å². The molecular formula is C12H17ClN2O. The van der Waals surface area contributed by atoms with Gasteiger partial charge in [-0.1, -0.05) is 17.7 Å². The van der Waals surface area contributed by atoms with Gasteiger partial charge in [-0.25, -0.2) is 0 Å². The van der Waals surface area contributed by atoms with Gasteiger partial charge in [-0.3, -0.25) is 0 Å². The Bertz CT molecular complexity index is 351. The van der Waals surface area contributed by atoms with Crippen LogP contribution in [0.3, 0.4) is 0 Å². The lowest BCUT2D eigenvalue weighted by molar-refractivity contribution is 0.107. The Hall–Kier alpha value is -0.930. The third kappa shape index (κ3) is 2.80. The molecule has 0 amide bonds. The first-order chi connectivity index (χ1) is 7.77. The summed E-state index contributed by atoms with van der Waals surface area (Å²) in [4.78, 5) is 0. The summed E-state index contributed by atoms with van der Waals surface area (Å²) in [5.74, 6) is 0. The Morgan fingerprint density at radius 2 is 2.38 bits per heavy atom. The summed E-state index contributed by atoms with van der Waals surface area (Å²) >= 11 is 5.93. The van der Waals surface area contributed by atoms with Crippen molar-refractivity contribution in [2.75, 3.05) is 24.2 Å². The van der Waals surface area contributed by atoms with Crippen molar-refractivity contribution in [3.8, 4) is 0 Å². The fraction of sp³-hybridized carbons (Fsp3) is 0.500. The zero-order valence-corrected chi connectivity index (χ0v) is 9.96. The molecule has 1 aliphatic heterocycles. The van der Waals surface area contributed by atoms with E-state index in [1.807, 2.05) is 12.1 Å². The Morgan fingerprint density at radius 3 is 3.12 bits per heavy atom. The predicted octanol–water partition coefficient (Wildman–Crippen LogP) is 2.90. The highest BCUT2D eigenvalue weighted by atomic mass is 35.5. The number of nitrogens with two attached hydrogens (primary N) is 1. The molecule has 4 heteroatoms. The van der Waals surface area contributed by atoms with E-state index < -0.39 is 0 Å². The van der Waals surface area contributed by atoms with E-state index in [9.17, 15) is 0 Å². The average molecular weight is 241 g/mol. The van der Waals surface area contributed by atoms with E-state index >= 15 is 0 Å². The van der Waals surface area contributed by atoms with Crippen LogP contribution < -0.4 is 11.1 Å². The molecule has 0 aromatic heterocycles. The van der Waals surface area contributed by atoms with E-state index in [2.05, 4.69) is 5.32 Å². The molecule has 1 aromatic carbocycles. The smallest absolute Gasteiger partial charge is 0.0739 e. The minimum atomic E-state index is 0.410. The summed E-state index contributed by atoms with van der Waals surface area (Å²) < 4.78 is 5.55. The Balaban J connectivity index is 1.82. The molecule has 1 fully saturated rings. The third-order valence-electron chi connectivity index (χ3n) is 2.86. The zero-order valence-electron chi connectivity index (χ0n) is 9.21. The van der Waals surface area contributed by atoms with Crippen LogP contribution in [0.5, 0.6) is 0 Å². The Kier molecular flexibility index (Phi) is 3.91. The second-order valence-electron chi connectivity index (χ2n) is 4.05. The molecule has 0 radical (unpaired) electrons. The van der Waals surface area contributed by atoms with Crippen molar-refractivity contribution in [3.63, 3.8) is 0 Å². The van der Waals surface area contributed by atoms with Crippen LogP contribution in [-0.2, 0) is 4.74 Å². The van der Waals surface area contributed by atoms with Gasteiger partial charge in [0.25, 0.3) is 0 Å². The SMILES string of the molecule is Nc1c(Cl)cccc1NCCC1CCCO1. The van der Waals surface area contributed by atoms with Gasteiger partial charge in [0.05, 0.1) is 22.5 Å². The first-order valence-electron chi connectivity index (χ1n) is 5.67. The molecule has 16 heavy (non-hydrogen) atoms. The number of nitrogen functional groups attached to an aromatic ring is 1. The number of ether oxygens (including phenoxy) is 1. The van der Waals surface area contributed by atoms with Crippen LogP contribution in [0.25, 0.3) is 0 Å². The highest BCUT2D eigenvalue weighted by molar-refractivity contribution is 6.33. The summed E-state index contributed by atoms with van der Waals surface area (Å²) in [5.41, 5.74) is 7.38. The molecule has 1 saturated heterocycles. The summed E-state index contributed by atoms with van der Waals surface area (Å²) in [7, 11) is 0. The predicted molar refractivity (Wildman–Crippen MR) is 67.9 cm³/mol. The minimum Gasteiger partial charge on any atom is -0.396 e. The van der Waals surface area contributed by atoms with Gasteiger partial charge in [-0.15, -0.1) is 0 Å². The first kappa shape index (κ1) is 11.6. The normalized spacial score (nSPS) is 19.9. The largest absolute Gasteiger partial charge is 0.396 e. The Labute approximate surface area is 101 Å². The number of benzene rings is 1. The lowest BCUT2D eigenvalue weighted by Gasteiger charge is -2.12. The quantitative estimate of drug-likeness (QED) is 0.796. The van der Waals surface area contributed by atoms with E-state index in [1.165, 1.54) is 12.8 Å². The van der Waals surface area contributed by atoms with E-state index in [0.717, 1.165) is 25.3 Å². The molecule has 1 unspecified atom stereocenters. The average Bonchev–Trinajstić information content (AvgIpc) is 2.77. The number of nitrogens with one attached hydrogen (secondary N) is 1. The molecule has 0 bridgehead atoms. The molecule has 1 aromatic rings. The van der Waals surface area contributed by atoms with Crippen LogP contribution in [0, 0.1) is 0 Å². The fourth-order valence-corrected chi connectivity index (χ4v) is 2.11. The number of hydrogen-bond donors (Lipinski definition) is 2. The highest BCUT2D eigenvalue weighted by Gasteiger charge is 2.14. The highest BCUT2D eigenvalue weighted by Crippen LogP contribution is 2.26. The van der Waals surface area contributed by atoms with Crippen molar-refractivity contribution in [1.82, 2.24) is 0 Å². The maximum atomic E-state index is 5.93. The van der Waals surface area contributed by atoms with Crippen molar-refractivity contribution in [2.45, 2.75) is 25.4 Å². The molecule has 3 nitrogen and oxygen atoms in total. The maximum absolute atomic E-state index is 5.93. The lowest BCUT2D eigenvalue weighted by Crippen LogP contribution is -2.13. The van der Waals surface area contributed by atoms with Gasteiger partial charge < -0.3 is 15.8 Å². The number of para-hydroxylation sites is 1. The molecule has 1 atom stereocenters. The van der Waals surface area contributed by atoms with Gasteiger partial charge in [0, 0.05) is 13.2 Å². The first-order valence-corrected chi connectivity index (χ1v) is 6.04. The Morgan fingerprint density at radius 1 is 1.50 bits per heavy atom. The van der Waals surface area contributed by atoms with Gasteiger partial charge in [0.2, 0.25) is 0 Å².